The lowest BCUT2D eigenvalue weighted by atomic mass is 10.0. The Kier molecular flexibility index (Phi) is 8.05. The van der Waals surface area contributed by atoms with Gasteiger partial charge in [-0.25, -0.2) is 4.39 Å². The van der Waals surface area contributed by atoms with Gasteiger partial charge >= 0.3 is 0 Å². The number of aromatic hydroxyl groups is 1. The van der Waals surface area contributed by atoms with E-state index in [0.717, 1.165) is 32.2 Å². The summed E-state index contributed by atoms with van der Waals surface area (Å²) in [6.07, 6.45) is 1.64. The van der Waals surface area contributed by atoms with Gasteiger partial charge in [-0.2, -0.15) is 4.39 Å². The Morgan fingerprint density at radius 2 is 1.85 bits per heavy atom. The van der Waals surface area contributed by atoms with Gasteiger partial charge in [0.15, 0.2) is 11.6 Å². The smallest absolute Gasteiger partial charge is 0.200 e. The van der Waals surface area contributed by atoms with E-state index >= 15 is 0 Å². The first-order valence-electron chi connectivity index (χ1n) is 5.89. The van der Waals surface area contributed by atoms with Crippen LogP contribution in [0.1, 0.15) is 11.6 Å². The minimum atomic E-state index is -1.20. The second-order valence-corrected chi connectivity index (χ2v) is 4.27. The molecule has 1 aromatic rings. The number of nitrogens with zero attached hydrogens (tertiary/aromatic N) is 1. The second kappa shape index (κ2) is 8.42. The van der Waals surface area contributed by atoms with Crippen molar-refractivity contribution in [2.24, 2.45) is 0 Å². The molecule has 1 aliphatic heterocycles. The van der Waals surface area contributed by atoms with E-state index in [9.17, 15) is 13.9 Å². The molecule has 2 rings (SSSR count). The van der Waals surface area contributed by atoms with Gasteiger partial charge in [0.2, 0.25) is 5.82 Å². The molecule has 20 heavy (non-hydrogen) atoms. The lowest BCUT2D eigenvalue weighted by molar-refractivity contribution is 0.200. The average molecular weight is 327 g/mol. The molecule has 0 spiro atoms. The van der Waals surface area contributed by atoms with E-state index < -0.39 is 17.4 Å². The zero-order valence-electron chi connectivity index (χ0n) is 10.8. The maximum absolute atomic E-state index is 13.4. The van der Waals surface area contributed by atoms with Gasteiger partial charge < -0.3 is 10.4 Å². The third-order valence-electron chi connectivity index (χ3n) is 3.19. The first-order chi connectivity index (χ1) is 8.65. The van der Waals surface area contributed by atoms with E-state index in [0.29, 0.717) is 5.56 Å². The largest absolute Gasteiger partial charge is 0.505 e. The monoisotopic (exact) mass is 326 g/mol. The summed E-state index contributed by atoms with van der Waals surface area (Å²) in [5, 5.41) is 12.9. The molecule has 1 aromatic carbocycles. The van der Waals surface area contributed by atoms with Gasteiger partial charge in [0.1, 0.15) is 0 Å². The molecule has 0 aliphatic carbocycles. The van der Waals surface area contributed by atoms with E-state index in [-0.39, 0.29) is 30.9 Å². The fourth-order valence-corrected chi connectivity index (χ4v) is 2.23. The van der Waals surface area contributed by atoms with Crippen molar-refractivity contribution >= 4 is 24.8 Å². The van der Waals surface area contributed by atoms with Crippen LogP contribution in [-0.2, 0) is 0 Å². The number of phenols is 1. The molecule has 1 heterocycles. The molecule has 0 unspecified atom stereocenters. The van der Waals surface area contributed by atoms with Crippen molar-refractivity contribution in [2.75, 3.05) is 26.2 Å². The Morgan fingerprint density at radius 1 is 1.25 bits per heavy atom. The Morgan fingerprint density at radius 3 is 2.40 bits per heavy atom. The highest BCUT2D eigenvalue weighted by Gasteiger charge is 2.24. The number of nitrogens with one attached hydrogen (secondary N) is 1. The molecule has 2 N–H and O–H groups in total. The molecule has 1 fully saturated rings. The maximum Gasteiger partial charge on any atom is 0.200 e. The first kappa shape index (κ1) is 19.1. The molecule has 0 aromatic heterocycles. The highest BCUT2D eigenvalue weighted by molar-refractivity contribution is 5.85. The van der Waals surface area contributed by atoms with Crippen LogP contribution in [0.4, 0.5) is 8.78 Å². The van der Waals surface area contributed by atoms with Crippen molar-refractivity contribution in [3.63, 3.8) is 0 Å². The summed E-state index contributed by atoms with van der Waals surface area (Å²) in [6, 6.07) is 2.13. The Labute approximate surface area is 129 Å². The highest BCUT2D eigenvalue weighted by atomic mass is 35.5. The molecule has 7 heteroatoms. The van der Waals surface area contributed by atoms with Crippen molar-refractivity contribution in [3.05, 3.63) is 42.0 Å². The summed E-state index contributed by atoms with van der Waals surface area (Å²) in [6.45, 7) is 6.92. The molecule has 3 nitrogen and oxygen atoms in total. The fourth-order valence-electron chi connectivity index (χ4n) is 2.23. The minimum absolute atomic E-state index is 0. The van der Waals surface area contributed by atoms with Gasteiger partial charge in [-0.05, 0) is 6.07 Å². The van der Waals surface area contributed by atoms with Crippen molar-refractivity contribution in [1.82, 2.24) is 10.2 Å². The standard InChI is InChI=1S/C13H16F2N2O.2ClH/c1-2-11(17-7-5-16-6-8-17)9-3-4-10(14)12(15)13(9)18;;/h2-4,11,16,18H,1,5-8H2;2*1H/t11-;;/m0../s1. The third kappa shape index (κ3) is 3.82. The van der Waals surface area contributed by atoms with Crippen molar-refractivity contribution < 1.29 is 13.9 Å². The van der Waals surface area contributed by atoms with Crippen LogP contribution in [-0.4, -0.2) is 36.2 Å². The zero-order valence-corrected chi connectivity index (χ0v) is 12.4. The summed E-state index contributed by atoms with van der Waals surface area (Å²) in [4.78, 5) is 2.07. The molecule has 0 saturated carbocycles. The summed E-state index contributed by atoms with van der Waals surface area (Å²) in [7, 11) is 0. The maximum atomic E-state index is 13.4. The van der Waals surface area contributed by atoms with Crippen LogP contribution in [0.15, 0.2) is 24.8 Å². The third-order valence-corrected chi connectivity index (χ3v) is 3.19. The van der Waals surface area contributed by atoms with Gasteiger partial charge in [0, 0.05) is 31.7 Å². The second-order valence-electron chi connectivity index (χ2n) is 4.27. The fraction of sp³-hybridized carbons (Fsp3) is 0.385. The minimum Gasteiger partial charge on any atom is -0.505 e. The van der Waals surface area contributed by atoms with Crippen LogP contribution < -0.4 is 5.32 Å². The number of halogens is 4. The van der Waals surface area contributed by atoms with Gasteiger partial charge in [-0.15, -0.1) is 31.4 Å². The molecule has 1 saturated heterocycles. The molecular formula is C13H18Cl2F2N2O. The van der Waals surface area contributed by atoms with Crippen LogP contribution in [0.3, 0.4) is 0 Å². The van der Waals surface area contributed by atoms with Crippen LogP contribution >= 0.6 is 24.8 Å². The van der Waals surface area contributed by atoms with Gasteiger partial charge in [0.25, 0.3) is 0 Å². The Balaban J connectivity index is 0.00000180. The predicted molar refractivity (Wildman–Crippen MR) is 79.9 cm³/mol. The lowest BCUT2D eigenvalue weighted by Gasteiger charge is -2.33. The van der Waals surface area contributed by atoms with Crippen molar-refractivity contribution in [1.29, 1.82) is 0 Å². The summed E-state index contributed by atoms with van der Waals surface area (Å²) >= 11 is 0. The van der Waals surface area contributed by atoms with E-state index in [4.69, 9.17) is 0 Å². The predicted octanol–water partition coefficient (Wildman–Crippen LogP) is 2.65. The van der Waals surface area contributed by atoms with Gasteiger partial charge in [0.05, 0.1) is 6.04 Å². The van der Waals surface area contributed by atoms with Gasteiger partial charge in [-0.1, -0.05) is 12.1 Å². The first-order valence-corrected chi connectivity index (χ1v) is 5.89. The number of rotatable bonds is 3. The van der Waals surface area contributed by atoms with E-state index in [1.807, 2.05) is 0 Å². The zero-order chi connectivity index (χ0) is 13.1. The number of benzene rings is 1. The topological polar surface area (TPSA) is 35.5 Å². The van der Waals surface area contributed by atoms with Crippen LogP contribution in [0.25, 0.3) is 0 Å². The van der Waals surface area contributed by atoms with Crippen LogP contribution in [0.2, 0.25) is 0 Å². The van der Waals surface area contributed by atoms with E-state index in [1.54, 1.807) is 6.08 Å². The Hall–Kier alpha value is -0.880. The average Bonchev–Trinajstić information content (AvgIpc) is 2.41. The van der Waals surface area contributed by atoms with Crippen molar-refractivity contribution in [3.8, 4) is 5.75 Å². The Bertz CT molecular complexity index is 454. The van der Waals surface area contributed by atoms with Crippen molar-refractivity contribution in [2.45, 2.75) is 6.04 Å². The summed E-state index contributed by atoms with van der Waals surface area (Å²) in [5.41, 5.74) is 0.353. The molecule has 0 bridgehead atoms. The molecular weight excluding hydrogens is 309 g/mol. The normalized spacial score (nSPS) is 16.7. The summed E-state index contributed by atoms with van der Waals surface area (Å²) in [5.74, 6) is -2.87. The summed E-state index contributed by atoms with van der Waals surface area (Å²) < 4.78 is 26.3. The number of hydrogen-bond donors (Lipinski definition) is 2. The quantitative estimate of drug-likeness (QED) is 0.838. The highest BCUT2D eigenvalue weighted by Crippen LogP contribution is 2.32. The van der Waals surface area contributed by atoms with E-state index in [1.165, 1.54) is 6.07 Å². The molecule has 114 valence electrons. The van der Waals surface area contributed by atoms with Crippen LogP contribution in [0, 0.1) is 11.6 Å². The molecule has 0 amide bonds. The number of hydrogen-bond acceptors (Lipinski definition) is 3. The molecule has 1 atom stereocenters. The number of phenolic OH excluding ortho intramolecular Hbond substituents is 1. The van der Waals surface area contributed by atoms with Crippen LogP contribution in [0.5, 0.6) is 5.75 Å². The lowest BCUT2D eigenvalue weighted by Crippen LogP contribution is -2.44. The SMILES string of the molecule is C=C[C@@H](c1ccc(F)c(F)c1O)N1CCNCC1.Cl.Cl. The number of piperazine rings is 1. The van der Waals surface area contributed by atoms with E-state index in [2.05, 4.69) is 16.8 Å². The molecule has 1 aliphatic rings. The molecule has 0 radical (unpaired) electrons. The van der Waals surface area contributed by atoms with Gasteiger partial charge in [-0.3, -0.25) is 4.90 Å².